The summed E-state index contributed by atoms with van der Waals surface area (Å²) in [5, 5.41) is 2.67. The third-order valence-electron chi connectivity index (χ3n) is 6.12. The fourth-order valence-corrected chi connectivity index (χ4v) is 5.77. The van der Waals surface area contributed by atoms with Crippen LogP contribution in [0.25, 0.3) is 42.6 Å². The van der Waals surface area contributed by atoms with Crippen molar-refractivity contribution in [2.45, 2.75) is 32.6 Å². The number of aromatic nitrogens is 1. The number of hydrogen-bond acceptors (Lipinski definition) is 2. The summed E-state index contributed by atoms with van der Waals surface area (Å²) < 4.78 is 2.65. The molecule has 0 unspecified atom stereocenters. The van der Waals surface area contributed by atoms with Gasteiger partial charge in [0.05, 0.1) is 5.69 Å². The summed E-state index contributed by atoms with van der Waals surface area (Å²) in [6, 6.07) is 28.5. The molecule has 0 atom stereocenters. The van der Waals surface area contributed by atoms with Gasteiger partial charge < -0.3 is 0 Å². The maximum Gasteiger partial charge on any atom is 0.0719 e. The number of fused-ring (bicyclic) bond motifs is 3. The van der Waals surface area contributed by atoms with Crippen molar-refractivity contribution in [2.75, 3.05) is 0 Å². The summed E-state index contributed by atoms with van der Waals surface area (Å²) in [6.07, 6.45) is 4.30. The number of benzene rings is 3. The van der Waals surface area contributed by atoms with E-state index in [1.165, 1.54) is 42.4 Å². The van der Waals surface area contributed by atoms with E-state index in [2.05, 4.69) is 92.7 Å². The summed E-state index contributed by atoms with van der Waals surface area (Å²) >= 11 is 1.88. The van der Waals surface area contributed by atoms with Gasteiger partial charge in [0.25, 0.3) is 0 Å². The Labute approximate surface area is 182 Å². The van der Waals surface area contributed by atoms with Crippen molar-refractivity contribution in [1.82, 2.24) is 4.98 Å². The van der Waals surface area contributed by atoms with E-state index in [9.17, 15) is 0 Å². The molecule has 0 radical (unpaired) electrons. The molecule has 0 aliphatic heterocycles. The summed E-state index contributed by atoms with van der Waals surface area (Å²) in [7, 11) is 0. The molecule has 0 saturated heterocycles. The smallest absolute Gasteiger partial charge is 0.0719 e. The van der Waals surface area contributed by atoms with Crippen LogP contribution in [0.4, 0.5) is 0 Å². The second-order valence-corrected chi connectivity index (χ2v) is 8.87. The standard InChI is InChI=1S/C28H25NS/c1-3-19(4-2)21-16-17-29-25(18-21)23-13-8-14-24-27-22(20-10-6-5-7-11-20)12-9-15-26(27)30-28(23)24/h5-19H,3-4H2,1-2H3. The molecule has 0 bridgehead atoms. The molecule has 1 nitrogen and oxygen atoms in total. The Bertz CT molecular complexity index is 1310. The van der Waals surface area contributed by atoms with Gasteiger partial charge in [-0.2, -0.15) is 0 Å². The van der Waals surface area contributed by atoms with Gasteiger partial charge in [0.15, 0.2) is 0 Å². The van der Waals surface area contributed by atoms with E-state index in [-0.39, 0.29) is 0 Å². The first kappa shape index (κ1) is 19.0. The molecule has 2 aromatic heterocycles. The van der Waals surface area contributed by atoms with Gasteiger partial charge in [0.2, 0.25) is 0 Å². The van der Waals surface area contributed by atoms with Gasteiger partial charge in [0, 0.05) is 31.9 Å². The first-order valence-electron chi connectivity index (χ1n) is 10.8. The van der Waals surface area contributed by atoms with E-state index < -0.39 is 0 Å². The van der Waals surface area contributed by atoms with Gasteiger partial charge in [-0.3, -0.25) is 4.98 Å². The van der Waals surface area contributed by atoms with Crippen molar-refractivity contribution in [3.8, 4) is 22.4 Å². The van der Waals surface area contributed by atoms with Gasteiger partial charge in [-0.05, 0) is 53.6 Å². The van der Waals surface area contributed by atoms with Crippen LogP contribution in [0.3, 0.4) is 0 Å². The van der Waals surface area contributed by atoms with Crippen LogP contribution in [0, 0.1) is 0 Å². The minimum Gasteiger partial charge on any atom is -0.256 e. The molecule has 2 heterocycles. The second kappa shape index (κ2) is 8.04. The minimum atomic E-state index is 0.595. The van der Waals surface area contributed by atoms with Crippen LogP contribution in [0.2, 0.25) is 0 Å². The lowest BCUT2D eigenvalue weighted by molar-refractivity contribution is 0.641. The Kier molecular flexibility index (Phi) is 5.10. The predicted octanol–water partition coefficient (Wildman–Crippen LogP) is 8.69. The molecule has 0 aliphatic rings. The van der Waals surface area contributed by atoms with Crippen molar-refractivity contribution in [3.05, 3.63) is 90.6 Å². The van der Waals surface area contributed by atoms with Crippen molar-refractivity contribution < 1.29 is 0 Å². The SMILES string of the molecule is CCC(CC)c1ccnc(-c2cccc3c2sc2cccc(-c4ccccc4)c23)c1. The molecule has 148 valence electrons. The quantitative estimate of drug-likeness (QED) is 0.284. The Hall–Kier alpha value is -2.97. The van der Waals surface area contributed by atoms with Crippen molar-refractivity contribution in [3.63, 3.8) is 0 Å². The third kappa shape index (κ3) is 3.22. The molecule has 2 heteroatoms. The number of nitrogens with zero attached hydrogens (tertiary/aromatic N) is 1. The van der Waals surface area contributed by atoms with E-state index in [4.69, 9.17) is 4.98 Å². The molecule has 0 spiro atoms. The molecule has 3 aromatic carbocycles. The van der Waals surface area contributed by atoms with Crippen LogP contribution in [-0.2, 0) is 0 Å². The topological polar surface area (TPSA) is 12.9 Å². The van der Waals surface area contributed by atoms with Crippen molar-refractivity contribution >= 4 is 31.5 Å². The molecule has 0 fully saturated rings. The number of pyridine rings is 1. The van der Waals surface area contributed by atoms with Crippen LogP contribution in [0.15, 0.2) is 85.1 Å². The fraction of sp³-hybridized carbons (Fsp3) is 0.179. The molecule has 5 aromatic rings. The zero-order chi connectivity index (χ0) is 20.5. The van der Waals surface area contributed by atoms with Crippen LogP contribution < -0.4 is 0 Å². The van der Waals surface area contributed by atoms with Gasteiger partial charge >= 0.3 is 0 Å². The lowest BCUT2D eigenvalue weighted by Gasteiger charge is -2.14. The highest BCUT2D eigenvalue weighted by atomic mass is 32.1. The first-order valence-corrected chi connectivity index (χ1v) is 11.6. The lowest BCUT2D eigenvalue weighted by Crippen LogP contribution is -1.96. The van der Waals surface area contributed by atoms with Gasteiger partial charge in [-0.15, -0.1) is 11.3 Å². The first-order chi connectivity index (χ1) is 14.8. The van der Waals surface area contributed by atoms with Crippen LogP contribution in [0.5, 0.6) is 0 Å². The normalized spacial score (nSPS) is 11.6. The average molecular weight is 408 g/mol. The Balaban J connectivity index is 1.74. The molecule has 5 rings (SSSR count). The molecule has 0 N–H and O–H groups in total. The second-order valence-electron chi connectivity index (χ2n) is 7.82. The fourth-order valence-electron chi connectivity index (χ4n) is 4.52. The van der Waals surface area contributed by atoms with Gasteiger partial charge in [-0.25, -0.2) is 0 Å². The monoisotopic (exact) mass is 407 g/mol. The Morgan fingerprint density at radius 1 is 0.800 bits per heavy atom. The Morgan fingerprint density at radius 2 is 1.57 bits per heavy atom. The van der Waals surface area contributed by atoms with Crippen LogP contribution in [0.1, 0.15) is 38.2 Å². The maximum atomic E-state index is 4.77. The van der Waals surface area contributed by atoms with Gasteiger partial charge in [-0.1, -0.05) is 74.5 Å². The molecule has 0 amide bonds. The Morgan fingerprint density at radius 3 is 2.37 bits per heavy atom. The average Bonchev–Trinajstić information content (AvgIpc) is 3.20. The summed E-state index contributed by atoms with van der Waals surface area (Å²) in [4.78, 5) is 4.77. The summed E-state index contributed by atoms with van der Waals surface area (Å²) in [5.74, 6) is 0.595. The number of thiophene rings is 1. The van der Waals surface area contributed by atoms with Crippen LogP contribution >= 0.6 is 11.3 Å². The van der Waals surface area contributed by atoms with Crippen molar-refractivity contribution in [1.29, 1.82) is 0 Å². The van der Waals surface area contributed by atoms with E-state index >= 15 is 0 Å². The highest BCUT2D eigenvalue weighted by Crippen LogP contribution is 2.43. The molecular weight excluding hydrogens is 382 g/mol. The van der Waals surface area contributed by atoms with E-state index in [1.807, 2.05) is 17.5 Å². The molecule has 30 heavy (non-hydrogen) atoms. The van der Waals surface area contributed by atoms with E-state index in [0.29, 0.717) is 5.92 Å². The zero-order valence-electron chi connectivity index (χ0n) is 17.4. The maximum absolute atomic E-state index is 4.77. The third-order valence-corrected chi connectivity index (χ3v) is 7.33. The molecule has 0 aliphatic carbocycles. The predicted molar refractivity (Wildman–Crippen MR) is 131 cm³/mol. The molecule has 0 saturated carbocycles. The van der Waals surface area contributed by atoms with Crippen molar-refractivity contribution in [2.24, 2.45) is 0 Å². The highest BCUT2D eigenvalue weighted by Gasteiger charge is 2.15. The van der Waals surface area contributed by atoms with E-state index in [0.717, 1.165) is 18.5 Å². The zero-order valence-corrected chi connectivity index (χ0v) is 18.2. The highest BCUT2D eigenvalue weighted by molar-refractivity contribution is 7.26. The van der Waals surface area contributed by atoms with Gasteiger partial charge in [0.1, 0.15) is 0 Å². The summed E-state index contributed by atoms with van der Waals surface area (Å²) in [6.45, 7) is 4.54. The lowest BCUT2D eigenvalue weighted by atomic mass is 9.93. The number of rotatable bonds is 5. The summed E-state index contributed by atoms with van der Waals surface area (Å²) in [5.41, 5.74) is 6.28. The number of hydrogen-bond donors (Lipinski definition) is 0. The van der Waals surface area contributed by atoms with Crippen LogP contribution in [-0.4, -0.2) is 4.98 Å². The minimum absolute atomic E-state index is 0.595. The molecular formula is C28H25NS. The largest absolute Gasteiger partial charge is 0.256 e. The van der Waals surface area contributed by atoms with E-state index in [1.54, 1.807) is 0 Å².